The predicted molar refractivity (Wildman–Crippen MR) is 99.8 cm³/mol. The van der Waals surface area contributed by atoms with E-state index in [-0.39, 0.29) is 40.0 Å². The molecule has 0 bridgehead atoms. The molecule has 0 amide bonds. The molecule has 0 aromatic heterocycles. The molecular weight excluding hydrogens is 344 g/mol. The van der Waals surface area contributed by atoms with Crippen molar-refractivity contribution in [2.75, 3.05) is 13.2 Å². The van der Waals surface area contributed by atoms with Crippen LogP contribution in [0.1, 0.15) is 53.9 Å². The molecular formula is C22H30O5. The molecule has 1 heterocycles. The zero-order valence-corrected chi connectivity index (χ0v) is 17.0. The van der Waals surface area contributed by atoms with Gasteiger partial charge in [0, 0.05) is 30.1 Å². The van der Waals surface area contributed by atoms with Gasteiger partial charge < -0.3 is 14.2 Å². The van der Waals surface area contributed by atoms with Gasteiger partial charge >= 0.3 is 5.97 Å². The van der Waals surface area contributed by atoms with Gasteiger partial charge in [-0.2, -0.15) is 0 Å². The molecule has 0 N–H and O–H groups in total. The van der Waals surface area contributed by atoms with Crippen LogP contribution in [-0.4, -0.2) is 36.9 Å². The van der Waals surface area contributed by atoms with Crippen LogP contribution in [0.2, 0.25) is 0 Å². The van der Waals surface area contributed by atoms with E-state index in [1.165, 1.54) is 6.92 Å². The van der Waals surface area contributed by atoms with E-state index >= 15 is 0 Å². The van der Waals surface area contributed by atoms with E-state index in [1.807, 2.05) is 12.2 Å². The molecule has 0 aromatic carbocycles. The molecule has 5 nitrogen and oxygen atoms in total. The third kappa shape index (κ3) is 2.51. The van der Waals surface area contributed by atoms with E-state index < -0.39 is 5.79 Å². The highest BCUT2D eigenvalue weighted by Crippen LogP contribution is 2.68. The van der Waals surface area contributed by atoms with E-state index in [4.69, 9.17) is 14.2 Å². The van der Waals surface area contributed by atoms with Crippen LogP contribution >= 0.6 is 0 Å². The Bertz CT molecular complexity index is 742. The van der Waals surface area contributed by atoms with Crippen molar-refractivity contribution in [2.24, 2.45) is 22.2 Å². The summed E-state index contributed by atoms with van der Waals surface area (Å²) in [4.78, 5) is 24.2. The Balaban J connectivity index is 1.86. The molecule has 4 atom stereocenters. The summed E-state index contributed by atoms with van der Waals surface area (Å²) in [6.07, 6.45) is 7.49. The van der Waals surface area contributed by atoms with Gasteiger partial charge in [-0.15, -0.1) is 0 Å². The Morgan fingerprint density at radius 1 is 1.15 bits per heavy atom. The number of carbonyl (C=O) groups excluding carboxylic acids is 2. The maximum Gasteiger partial charge on any atom is 0.302 e. The molecule has 2 saturated carbocycles. The molecule has 148 valence electrons. The molecule has 5 heteroatoms. The fourth-order valence-corrected chi connectivity index (χ4v) is 6.65. The highest BCUT2D eigenvalue weighted by Gasteiger charge is 2.68. The van der Waals surface area contributed by atoms with Gasteiger partial charge in [0.05, 0.1) is 13.2 Å². The fraction of sp³-hybridized carbons (Fsp3) is 0.727. The summed E-state index contributed by atoms with van der Waals surface area (Å²) in [5.41, 5.74) is 0.245. The van der Waals surface area contributed by atoms with Crippen LogP contribution in [0, 0.1) is 22.2 Å². The summed E-state index contributed by atoms with van der Waals surface area (Å²) in [6.45, 7) is 11.4. The van der Waals surface area contributed by atoms with Gasteiger partial charge in [0.25, 0.3) is 0 Å². The lowest BCUT2D eigenvalue weighted by Gasteiger charge is -2.65. The second-order valence-corrected chi connectivity index (χ2v) is 9.63. The Morgan fingerprint density at radius 3 is 2.44 bits per heavy atom. The third-order valence-corrected chi connectivity index (χ3v) is 7.62. The highest BCUT2D eigenvalue weighted by molar-refractivity contribution is 6.01. The lowest BCUT2D eigenvalue weighted by atomic mass is 9.43. The molecule has 0 unspecified atom stereocenters. The van der Waals surface area contributed by atoms with Crippen molar-refractivity contribution >= 4 is 11.8 Å². The van der Waals surface area contributed by atoms with Gasteiger partial charge in [-0.05, 0) is 30.4 Å². The van der Waals surface area contributed by atoms with Gasteiger partial charge in [0.15, 0.2) is 11.6 Å². The normalized spacial score (nSPS) is 41.7. The SMILES string of the molecule is CC(=O)O[C@H]1C[C@@]2(C)C=CC(=O)C=C2[C@@]2(C)CCC3(OCCO3)C(C)(C)[C@H]12. The van der Waals surface area contributed by atoms with Crippen LogP contribution in [-0.2, 0) is 23.8 Å². The smallest absolute Gasteiger partial charge is 0.302 e. The topological polar surface area (TPSA) is 61.8 Å². The Hall–Kier alpha value is -1.46. The maximum absolute atomic E-state index is 12.2. The number of esters is 1. The van der Waals surface area contributed by atoms with Crippen molar-refractivity contribution in [3.05, 3.63) is 23.8 Å². The average Bonchev–Trinajstić information content (AvgIpc) is 3.03. The number of hydrogen-bond acceptors (Lipinski definition) is 5. The van der Waals surface area contributed by atoms with E-state index in [1.54, 1.807) is 6.08 Å². The molecule has 3 fully saturated rings. The maximum atomic E-state index is 12.2. The number of rotatable bonds is 1. The fourth-order valence-electron chi connectivity index (χ4n) is 6.65. The van der Waals surface area contributed by atoms with E-state index in [9.17, 15) is 9.59 Å². The largest absolute Gasteiger partial charge is 0.462 e. The van der Waals surface area contributed by atoms with Crippen LogP contribution in [0.5, 0.6) is 0 Å². The molecule has 0 aromatic rings. The molecule has 27 heavy (non-hydrogen) atoms. The summed E-state index contributed by atoms with van der Waals surface area (Å²) >= 11 is 0. The minimum absolute atomic E-state index is 0.000579. The molecule has 4 aliphatic rings. The van der Waals surface area contributed by atoms with Gasteiger partial charge in [-0.3, -0.25) is 9.59 Å². The van der Waals surface area contributed by atoms with Crippen LogP contribution in [0.3, 0.4) is 0 Å². The molecule has 1 saturated heterocycles. The number of fused-ring (bicyclic) bond motifs is 3. The number of carbonyl (C=O) groups is 2. The summed E-state index contributed by atoms with van der Waals surface area (Å²) in [5.74, 6) is -0.879. The van der Waals surface area contributed by atoms with E-state index in [0.717, 1.165) is 18.4 Å². The zero-order valence-electron chi connectivity index (χ0n) is 17.0. The number of allylic oxidation sites excluding steroid dienone is 4. The quantitative estimate of drug-likeness (QED) is 0.657. The Labute approximate surface area is 161 Å². The van der Waals surface area contributed by atoms with Crippen molar-refractivity contribution in [1.82, 2.24) is 0 Å². The average molecular weight is 374 g/mol. The first-order chi connectivity index (χ1) is 12.5. The second kappa shape index (κ2) is 5.77. The highest BCUT2D eigenvalue weighted by atomic mass is 16.7. The van der Waals surface area contributed by atoms with Crippen molar-refractivity contribution < 1.29 is 23.8 Å². The van der Waals surface area contributed by atoms with Gasteiger partial charge in [-0.1, -0.05) is 39.3 Å². The van der Waals surface area contributed by atoms with Crippen LogP contribution in [0.15, 0.2) is 23.8 Å². The first kappa shape index (κ1) is 18.9. The van der Waals surface area contributed by atoms with Crippen LogP contribution < -0.4 is 0 Å². The van der Waals surface area contributed by atoms with Crippen molar-refractivity contribution in [3.63, 3.8) is 0 Å². The molecule has 4 rings (SSSR count). The van der Waals surface area contributed by atoms with Crippen molar-refractivity contribution in [2.45, 2.75) is 65.8 Å². The summed E-state index contributed by atoms with van der Waals surface area (Å²) in [5, 5.41) is 0. The van der Waals surface area contributed by atoms with Crippen molar-refractivity contribution in [1.29, 1.82) is 0 Å². The van der Waals surface area contributed by atoms with E-state index in [0.29, 0.717) is 19.6 Å². The van der Waals surface area contributed by atoms with Gasteiger partial charge in [0.1, 0.15) is 6.10 Å². The van der Waals surface area contributed by atoms with Gasteiger partial charge in [0.2, 0.25) is 0 Å². The number of ketones is 1. The summed E-state index contributed by atoms with van der Waals surface area (Å²) in [6, 6.07) is 0. The monoisotopic (exact) mass is 374 g/mol. The Morgan fingerprint density at radius 2 is 1.81 bits per heavy atom. The lowest BCUT2D eigenvalue weighted by molar-refractivity contribution is -0.298. The van der Waals surface area contributed by atoms with Gasteiger partial charge in [-0.25, -0.2) is 0 Å². The lowest BCUT2D eigenvalue weighted by Crippen LogP contribution is -2.66. The van der Waals surface area contributed by atoms with E-state index in [2.05, 4.69) is 27.7 Å². The van der Waals surface area contributed by atoms with Crippen molar-refractivity contribution in [3.8, 4) is 0 Å². The summed E-state index contributed by atoms with van der Waals surface area (Å²) in [7, 11) is 0. The zero-order chi connectivity index (χ0) is 19.7. The summed E-state index contributed by atoms with van der Waals surface area (Å²) < 4.78 is 18.2. The van der Waals surface area contributed by atoms with Crippen LogP contribution in [0.25, 0.3) is 0 Å². The number of ether oxygens (including phenoxy) is 3. The first-order valence-corrected chi connectivity index (χ1v) is 9.95. The minimum Gasteiger partial charge on any atom is -0.462 e. The predicted octanol–water partition coefficient (Wildman–Crippen LogP) is 3.58. The molecule has 1 aliphatic heterocycles. The third-order valence-electron chi connectivity index (χ3n) is 7.62. The molecule has 1 spiro atoms. The Kier molecular flexibility index (Phi) is 4.04. The molecule has 0 radical (unpaired) electrons. The number of hydrogen-bond donors (Lipinski definition) is 0. The molecule has 3 aliphatic carbocycles. The minimum atomic E-state index is -0.654. The first-order valence-electron chi connectivity index (χ1n) is 9.95. The standard InChI is InChI=1S/C22H30O5/c1-14(23)27-16-13-20(4)7-6-15(24)12-17(20)21(5)8-9-22(25-10-11-26-22)19(2,3)18(16)21/h6-7,12,16,18H,8-11,13H2,1-5H3/t16-,18-,20+,21+/m0/s1. The second-order valence-electron chi connectivity index (χ2n) is 9.63. The van der Waals surface area contributed by atoms with Crippen LogP contribution in [0.4, 0.5) is 0 Å².